The molecule has 0 spiro atoms. The van der Waals surface area contributed by atoms with Crippen molar-refractivity contribution in [1.82, 2.24) is 9.80 Å². The van der Waals surface area contributed by atoms with Crippen LogP contribution in [0.15, 0.2) is 58.3 Å². The van der Waals surface area contributed by atoms with Crippen molar-refractivity contribution in [2.75, 3.05) is 37.7 Å². The summed E-state index contributed by atoms with van der Waals surface area (Å²) in [5, 5.41) is 19.5. The van der Waals surface area contributed by atoms with E-state index in [2.05, 4.69) is 0 Å². The van der Waals surface area contributed by atoms with Crippen LogP contribution in [0, 0.1) is 0 Å². The quantitative estimate of drug-likeness (QED) is 0.702. The monoisotopic (exact) mass is 418 g/mol. The van der Waals surface area contributed by atoms with Gasteiger partial charge in [0, 0.05) is 36.0 Å². The van der Waals surface area contributed by atoms with Crippen LogP contribution in [-0.4, -0.2) is 69.5 Å². The molecule has 2 N–H and O–H groups in total. The highest BCUT2D eigenvalue weighted by molar-refractivity contribution is 8.00. The van der Waals surface area contributed by atoms with E-state index in [1.54, 1.807) is 46.2 Å². The lowest BCUT2D eigenvalue weighted by molar-refractivity contribution is -0.136. The molecule has 0 saturated carbocycles. The number of thioether (sulfide) groups is 2. The van der Waals surface area contributed by atoms with Crippen molar-refractivity contribution in [3.8, 4) is 11.5 Å². The van der Waals surface area contributed by atoms with Crippen LogP contribution in [0.1, 0.15) is 0 Å². The van der Waals surface area contributed by atoms with Gasteiger partial charge >= 0.3 is 0 Å². The van der Waals surface area contributed by atoms with Crippen molar-refractivity contribution >= 4 is 35.3 Å². The molecule has 0 unspecified atom stereocenters. The van der Waals surface area contributed by atoms with Gasteiger partial charge in [0.1, 0.15) is 11.5 Å². The third-order valence-corrected chi connectivity index (χ3v) is 6.51. The number of carbonyl (C=O) groups excluding carboxylic acids is 2. The van der Waals surface area contributed by atoms with Crippen LogP contribution in [0.2, 0.25) is 0 Å². The van der Waals surface area contributed by atoms with Gasteiger partial charge in [-0.1, -0.05) is 24.3 Å². The summed E-state index contributed by atoms with van der Waals surface area (Å²) in [6.45, 7) is 2.03. The summed E-state index contributed by atoms with van der Waals surface area (Å²) in [5.41, 5.74) is 0. The molecular formula is C20H22N2O4S2. The first kappa shape index (κ1) is 20.4. The Kier molecular flexibility index (Phi) is 7.11. The highest BCUT2D eigenvalue weighted by Gasteiger charge is 2.24. The lowest BCUT2D eigenvalue weighted by Crippen LogP contribution is -2.51. The largest absolute Gasteiger partial charge is 0.507 e. The molecule has 1 saturated heterocycles. The molecule has 1 fully saturated rings. The Morgan fingerprint density at radius 1 is 0.714 bits per heavy atom. The predicted molar refractivity (Wildman–Crippen MR) is 111 cm³/mol. The maximum atomic E-state index is 12.4. The van der Waals surface area contributed by atoms with E-state index in [0.29, 0.717) is 36.0 Å². The third kappa shape index (κ3) is 5.36. The van der Waals surface area contributed by atoms with E-state index in [1.165, 1.54) is 23.5 Å². The number of nitrogens with zero attached hydrogens (tertiary/aromatic N) is 2. The molecule has 0 aromatic heterocycles. The normalized spacial score (nSPS) is 14.1. The number of benzene rings is 2. The molecule has 2 aromatic rings. The number of para-hydroxylation sites is 2. The molecule has 28 heavy (non-hydrogen) atoms. The zero-order valence-corrected chi connectivity index (χ0v) is 16.9. The zero-order valence-electron chi connectivity index (χ0n) is 15.3. The third-order valence-electron chi connectivity index (χ3n) is 4.42. The van der Waals surface area contributed by atoms with Crippen molar-refractivity contribution in [2.45, 2.75) is 9.79 Å². The highest BCUT2D eigenvalue weighted by atomic mass is 32.2. The van der Waals surface area contributed by atoms with Crippen molar-refractivity contribution in [3.63, 3.8) is 0 Å². The van der Waals surface area contributed by atoms with Crippen LogP contribution in [0.5, 0.6) is 11.5 Å². The minimum atomic E-state index is 0.00364. The summed E-state index contributed by atoms with van der Waals surface area (Å²) >= 11 is 2.63. The van der Waals surface area contributed by atoms with Gasteiger partial charge in [-0.25, -0.2) is 0 Å². The summed E-state index contributed by atoms with van der Waals surface area (Å²) in [4.78, 5) is 29.7. The molecule has 148 valence electrons. The van der Waals surface area contributed by atoms with E-state index in [-0.39, 0.29) is 34.8 Å². The Bertz CT molecular complexity index is 769. The molecule has 0 radical (unpaired) electrons. The van der Waals surface area contributed by atoms with Gasteiger partial charge in [-0.05, 0) is 24.3 Å². The van der Waals surface area contributed by atoms with E-state index in [4.69, 9.17) is 0 Å². The second kappa shape index (κ2) is 9.75. The molecule has 1 heterocycles. The second-order valence-electron chi connectivity index (χ2n) is 6.27. The smallest absolute Gasteiger partial charge is 0.233 e. The van der Waals surface area contributed by atoms with Crippen molar-refractivity contribution in [3.05, 3.63) is 48.5 Å². The Morgan fingerprint density at radius 2 is 1.07 bits per heavy atom. The van der Waals surface area contributed by atoms with Gasteiger partial charge < -0.3 is 20.0 Å². The number of phenolic OH excluding ortho intramolecular Hbond substituents is 2. The minimum Gasteiger partial charge on any atom is -0.507 e. The number of amides is 2. The van der Waals surface area contributed by atoms with Gasteiger partial charge in [0.15, 0.2) is 0 Å². The molecule has 1 aliphatic rings. The summed E-state index contributed by atoms with van der Waals surface area (Å²) in [6.07, 6.45) is 0. The first-order valence-corrected chi connectivity index (χ1v) is 10.9. The lowest BCUT2D eigenvalue weighted by Gasteiger charge is -2.34. The maximum Gasteiger partial charge on any atom is 0.233 e. The van der Waals surface area contributed by atoms with Crippen LogP contribution in [0.25, 0.3) is 0 Å². The number of hydrogen-bond donors (Lipinski definition) is 2. The summed E-state index contributed by atoms with van der Waals surface area (Å²) in [7, 11) is 0. The Labute approximate surface area is 172 Å². The summed E-state index contributed by atoms with van der Waals surface area (Å²) < 4.78 is 0. The van der Waals surface area contributed by atoms with Gasteiger partial charge in [0.25, 0.3) is 0 Å². The molecule has 8 heteroatoms. The molecule has 3 rings (SSSR count). The molecule has 2 aromatic carbocycles. The summed E-state index contributed by atoms with van der Waals surface area (Å²) in [6, 6.07) is 13.9. The highest BCUT2D eigenvalue weighted by Crippen LogP contribution is 2.29. The average molecular weight is 419 g/mol. The van der Waals surface area contributed by atoms with Gasteiger partial charge in [-0.3, -0.25) is 9.59 Å². The van der Waals surface area contributed by atoms with Gasteiger partial charge in [-0.2, -0.15) is 0 Å². The topological polar surface area (TPSA) is 81.1 Å². The van der Waals surface area contributed by atoms with E-state index in [9.17, 15) is 19.8 Å². The number of phenols is 2. The van der Waals surface area contributed by atoms with Crippen LogP contribution in [0.3, 0.4) is 0 Å². The summed E-state index contributed by atoms with van der Waals surface area (Å²) in [5.74, 6) is 0.881. The predicted octanol–water partition coefficient (Wildman–Crippen LogP) is 2.65. The first-order valence-electron chi connectivity index (χ1n) is 8.91. The molecule has 1 aliphatic heterocycles. The van der Waals surface area contributed by atoms with E-state index < -0.39 is 0 Å². The van der Waals surface area contributed by atoms with E-state index >= 15 is 0 Å². The lowest BCUT2D eigenvalue weighted by atomic mass is 10.3. The van der Waals surface area contributed by atoms with E-state index in [1.807, 2.05) is 12.1 Å². The first-order chi connectivity index (χ1) is 13.5. The molecule has 0 atom stereocenters. The van der Waals surface area contributed by atoms with Gasteiger partial charge in [0.05, 0.1) is 11.5 Å². The number of aromatic hydroxyl groups is 2. The van der Waals surface area contributed by atoms with Crippen molar-refractivity contribution in [1.29, 1.82) is 0 Å². The molecule has 6 nitrogen and oxygen atoms in total. The number of rotatable bonds is 6. The SMILES string of the molecule is O=C(CSc1ccccc1O)N1CCN(C(=O)CSc2ccccc2O)CC1. The Morgan fingerprint density at radius 3 is 1.43 bits per heavy atom. The van der Waals surface area contributed by atoms with Crippen LogP contribution in [0.4, 0.5) is 0 Å². The fourth-order valence-electron chi connectivity index (χ4n) is 2.83. The standard InChI is InChI=1S/C20H22N2O4S2/c23-15-5-1-3-7-17(15)27-13-19(25)21-9-11-22(12-10-21)20(26)14-28-18-8-4-2-6-16(18)24/h1-8,23-24H,9-14H2. The van der Waals surface area contributed by atoms with Crippen molar-refractivity contribution < 1.29 is 19.8 Å². The zero-order chi connectivity index (χ0) is 19.9. The fraction of sp³-hybridized carbons (Fsp3) is 0.300. The molecular weight excluding hydrogens is 396 g/mol. The minimum absolute atomic E-state index is 0.00364. The maximum absolute atomic E-state index is 12.4. The number of piperazine rings is 1. The molecule has 0 bridgehead atoms. The Balaban J connectivity index is 1.42. The number of carbonyl (C=O) groups is 2. The van der Waals surface area contributed by atoms with Crippen molar-refractivity contribution in [2.24, 2.45) is 0 Å². The van der Waals surface area contributed by atoms with Crippen LogP contribution >= 0.6 is 23.5 Å². The van der Waals surface area contributed by atoms with Gasteiger partial charge in [-0.15, -0.1) is 23.5 Å². The van der Waals surface area contributed by atoms with Crippen LogP contribution < -0.4 is 0 Å². The number of hydrogen-bond acceptors (Lipinski definition) is 6. The fourth-order valence-corrected chi connectivity index (χ4v) is 4.53. The Hall–Kier alpha value is -2.32. The molecule has 0 aliphatic carbocycles. The van der Waals surface area contributed by atoms with E-state index in [0.717, 1.165) is 0 Å². The average Bonchev–Trinajstić information content (AvgIpc) is 2.72. The van der Waals surface area contributed by atoms with Crippen LogP contribution in [-0.2, 0) is 9.59 Å². The molecule has 2 amide bonds. The second-order valence-corrected chi connectivity index (χ2v) is 8.31. The van der Waals surface area contributed by atoms with Gasteiger partial charge in [0.2, 0.25) is 11.8 Å².